The number of benzene rings is 1. The molecular formula is C18H22N2O6. The number of nitrogens with zero attached hydrogens (tertiary/aromatic N) is 1. The molecule has 8 nitrogen and oxygen atoms in total. The van der Waals surface area contributed by atoms with Crippen LogP contribution < -0.4 is 5.32 Å². The average molecular weight is 362 g/mol. The molecule has 26 heavy (non-hydrogen) atoms. The van der Waals surface area contributed by atoms with Crippen LogP contribution in [0.2, 0.25) is 0 Å². The highest BCUT2D eigenvalue weighted by Gasteiger charge is 2.32. The van der Waals surface area contributed by atoms with Crippen molar-refractivity contribution in [1.29, 1.82) is 0 Å². The van der Waals surface area contributed by atoms with Gasteiger partial charge in [-0.1, -0.05) is 6.07 Å². The second kappa shape index (κ2) is 8.29. The molecule has 1 aromatic carbocycles. The Kier molecular flexibility index (Phi) is 5.85. The summed E-state index contributed by atoms with van der Waals surface area (Å²) < 4.78 is 10.6. The molecule has 140 valence electrons. The van der Waals surface area contributed by atoms with E-state index in [1.807, 2.05) is 0 Å². The molecule has 0 spiro atoms. The maximum atomic E-state index is 12.8. The Bertz CT molecular complexity index is 686. The molecule has 0 radical (unpaired) electrons. The Morgan fingerprint density at radius 1 is 1.19 bits per heavy atom. The predicted molar refractivity (Wildman–Crippen MR) is 91.9 cm³/mol. The molecule has 2 fully saturated rings. The van der Waals surface area contributed by atoms with E-state index in [-0.39, 0.29) is 18.4 Å². The zero-order valence-corrected chi connectivity index (χ0v) is 14.3. The number of hydrogen-bond donors (Lipinski definition) is 2. The van der Waals surface area contributed by atoms with E-state index in [1.165, 1.54) is 4.90 Å². The van der Waals surface area contributed by atoms with E-state index in [9.17, 15) is 19.5 Å². The Balaban J connectivity index is 1.70. The lowest BCUT2D eigenvalue weighted by molar-refractivity contribution is -0.143. The zero-order valence-electron chi connectivity index (χ0n) is 14.3. The maximum Gasteiger partial charge on any atom is 0.326 e. The summed E-state index contributed by atoms with van der Waals surface area (Å²) in [5, 5.41) is 12.1. The van der Waals surface area contributed by atoms with Gasteiger partial charge in [0.25, 0.3) is 11.8 Å². The molecule has 0 bridgehead atoms. The summed E-state index contributed by atoms with van der Waals surface area (Å²) in [6, 6.07) is 5.69. The van der Waals surface area contributed by atoms with Crippen molar-refractivity contribution in [3.8, 4) is 0 Å². The van der Waals surface area contributed by atoms with Gasteiger partial charge in [0, 0.05) is 17.8 Å². The number of carboxylic acids is 1. The molecule has 2 saturated heterocycles. The van der Waals surface area contributed by atoms with Gasteiger partial charge >= 0.3 is 5.97 Å². The van der Waals surface area contributed by atoms with Crippen molar-refractivity contribution in [2.75, 3.05) is 31.7 Å². The lowest BCUT2D eigenvalue weighted by Gasteiger charge is -2.33. The number of rotatable bonds is 4. The van der Waals surface area contributed by atoms with E-state index < -0.39 is 18.1 Å². The lowest BCUT2D eigenvalue weighted by atomic mass is 10.0. The van der Waals surface area contributed by atoms with Crippen molar-refractivity contribution >= 4 is 23.5 Å². The highest BCUT2D eigenvalue weighted by Crippen LogP contribution is 2.21. The summed E-state index contributed by atoms with van der Waals surface area (Å²) in [5.74, 6) is -1.67. The van der Waals surface area contributed by atoms with E-state index in [0.29, 0.717) is 37.4 Å². The molecule has 2 amide bonds. The van der Waals surface area contributed by atoms with Crippen LogP contribution in [0.4, 0.5) is 5.69 Å². The summed E-state index contributed by atoms with van der Waals surface area (Å²) in [6.07, 6.45) is 1.35. The lowest BCUT2D eigenvalue weighted by Crippen LogP contribution is -2.48. The predicted octanol–water partition coefficient (Wildman–Crippen LogP) is 1.12. The molecule has 2 atom stereocenters. The number of piperidine rings is 1. The number of hydrogen-bond acceptors (Lipinski definition) is 5. The molecular weight excluding hydrogens is 340 g/mol. The van der Waals surface area contributed by atoms with Crippen molar-refractivity contribution in [2.45, 2.75) is 31.4 Å². The Labute approximate surface area is 151 Å². The van der Waals surface area contributed by atoms with Crippen LogP contribution in [0.15, 0.2) is 24.3 Å². The fraction of sp³-hybridized carbons (Fsp3) is 0.500. The van der Waals surface area contributed by atoms with Gasteiger partial charge < -0.3 is 24.8 Å². The van der Waals surface area contributed by atoms with E-state index in [4.69, 9.17) is 9.47 Å². The third kappa shape index (κ3) is 4.20. The Morgan fingerprint density at radius 3 is 2.77 bits per heavy atom. The number of carbonyl (C=O) groups is 3. The molecule has 2 unspecified atom stereocenters. The standard InChI is InChI=1S/C18H22N2O6/c21-16(15-11-25-8-9-26-15)19-13-5-3-4-12(10-13)17(22)20-7-2-1-6-14(20)18(23)24/h3-5,10,14-15H,1-2,6-9,11H2,(H,19,21)(H,23,24). The average Bonchev–Trinajstić information content (AvgIpc) is 2.68. The van der Waals surface area contributed by atoms with Gasteiger partial charge in [-0.25, -0.2) is 4.79 Å². The minimum Gasteiger partial charge on any atom is -0.480 e. The van der Waals surface area contributed by atoms with Crippen LogP contribution in [-0.4, -0.2) is 66.3 Å². The molecule has 8 heteroatoms. The zero-order chi connectivity index (χ0) is 18.5. The number of ether oxygens (including phenoxy) is 2. The number of anilines is 1. The van der Waals surface area contributed by atoms with Crippen molar-refractivity contribution in [3.05, 3.63) is 29.8 Å². The number of aliphatic carboxylic acids is 1. The molecule has 3 rings (SSSR count). The molecule has 2 aliphatic rings. The van der Waals surface area contributed by atoms with Crippen molar-refractivity contribution in [1.82, 2.24) is 4.90 Å². The first-order valence-electron chi connectivity index (χ1n) is 8.70. The normalized spacial score (nSPS) is 23.3. The van der Waals surface area contributed by atoms with Gasteiger partial charge in [0.2, 0.25) is 0 Å². The smallest absolute Gasteiger partial charge is 0.326 e. The highest BCUT2D eigenvalue weighted by molar-refractivity contribution is 5.99. The van der Waals surface area contributed by atoms with Crippen LogP contribution in [0.1, 0.15) is 29.6 Å². The number of carbonyl (C=O) groups excluding carboxylic acids is 2. The second-order valence-corrected chi connectivity index (χ2v) is 6.35. The van der Waals surface area contributed by atoms with Gasteiger partial charge in [-0.05, 0) is 37.5 Å². The van der Waals surface area contributed by atoms with Gasteiger partial charge in [-0.2, -0.15) is 0 Å². The van der Waals surface area contributed by atoms with E-state index in [1.54, 1.807) is 24.3 Å². The van der Waals surface area contributed by atoms with Crippen molar-refractivity contribution in [3.63, 3.8) is 0 Å². The number of amides is 2. The fourth-order valence-electron chi connectivity index (χ4n) is 3.19. The SMILES string of the molecule is O=C(Nc1cccc(C(=O)N2CCCCC2C(=O)O)c1)C1COCCO1. The molecule has 0 aromatic heterocycles. The topological polar surface area (TPSA) is 105 Å². The number of likely N-dealkylation sites (tertiary alicyclic amines) is 1. The van der Waals surface area contributed by atoms with Gasteiger partial charge in [-0.15, -0.1) is 0 Å². The minimum atomic E-state index is -0.989. The summed E-state index contributed by atoms with van der Waals surface area (Å²) in [6.45, 7) is 1.44. The summed E-state index contributed by atoms with van der Waals surface area (Å²) in [7, 11) is 0. The van der Waals surface area contributed by atoms with Gasteiger partial charge in [0.05, 0.1) is 19.8 Å². The van der Waals surface area contributed by atoms with Crippen LogP contribution in [-0.2, 0) is 19.1 Å². The molecule has 2 aliphatic heterocycles. The molecule has 2 N–H and O–H groups in total. The minimum absolute atomic E-state index is 0.193. The number of nitrogens with one attached hydrogen (secondary N) is 1. The van der Waals surface area contributed by atoms with Crippen LogP contribution in [0, 0.1) is 0 Å². The first-order valence-corrected chi connectivity index (χ1v) is 8.70. The maximum absolute atomic E-state index is 12.8. The summed E-state index contributed by atoms with van der Waals surface area (Å²) in [4.78, 5) is 37.8. The molecule has 2 heterocycles. The van der Waals surface area contributed by atoms with E-state index in [2.05, 4.69) is 5.32 Å². The van der Waals surface area contributed by atoms with Crippen molar-refractivity contribution < 1.29 is 29.0 Å². The summed E-state index contributed by atoms with van der Waals surface area (Å²) in [5.41, 5.74) is 0.802. The third-order valence-electron chi connectivity index (χ3n) is 4.53. The fourth-order valence-corrected chi connectivity index (χ4v) is 3.19. The monoisotopic (exact) mass is 362 g/mol. The second-order valence-electron chi connectivity index (χ2n) is 6.35. The number of carboxylic acid groups (broad SMARTS) is 1. The van der Waals surface area contributed by atoms with Crippen LogP contribution in [0.5, 0.6) is 0 Å². The first kappa shape index (κ1) is 18.3. The van der Waals surface area contributed by atoms with Crippen LogP contribution in [0.3, 0.4) is 0 Å². The Hall–Kier alpha value is -2.45. The van der Waals surface area contributed by atoms with E-state index in [0.717, 1.165) is 12.8 Å². The Morgan fingerprint density at radius 2 is 2.04 bits per heavy atom. The van der Waals surface area contributed by atoms with Crippen LogP contribution >= 0.6 is 0 Å². The van der Waals surface area contributed by atoms with E-state index >= 15 is 0 Å². The van der Waals surface area contributed by atoms with Crippen LogP contribution in [0.25, 0.3) is 0 Å². The van der Waals surface area contributed by atoms with Gasteiger partial charge in [0.1, 0.15) is 6.04 Å². The molecule has 0 aliphatic carbocycles. The van der Waals surface area contributed by atoms with Gasteiger partial charge in [0.15, 0.2) is 6.10 Å². The first-order chi connectivity index (χ1) is 12.6. The highest BCUT2D eigenvalue weighted by atomic mass is 16.6. The summed E-state index contributed by atoms with van der Waals surface area (Å²) >= 11 is 0. The van der Waals surface area contributed by atoms with Crippen molar-refractivity contribution in [2.24, 2.45) is 0 Å². The molecule has 0 saturated carbocycles. The molecule has 1 aromatic rings. The van der Waals surface area contributed by atoms with Gasteiger partial charge in [-0.3, -0.25) is 9.59 Å². The largest absolute Gasteiger partial charge is 0.480 e. The third-order valence-corrected chi connectivity index (χ3v) is 4.53. The quantitative estimate of drug-likeness (QED) is 0.832.